The van der Waals surface area contributed by atoms with Gasteiger partial charge in [0.05, 0.1) is 5.92 Å². The van der Waals surface area contributed by atoms with Crippen molar-refractivity contribution in [1.82, 2.24) is 4.90 Å². The summed E-state index contributed by atoms with van der Waals surface area (Å²) in [5.74, 6) is 0.687. The number of fused-ring (bicyclic) bond motifs is 1. The Bertz CT molecular complexity index is 656. The number of hydrogen-bond acceptors (Lipinski definition) is 4. The molecule has 0 bridgehead atoms. The highest BCUT2D eigenvalue weighted by molar-refractivity contribution is 5.92. The number of rotatable bonds is 3. The Labute approximate surface area is 134 Å². The summed E-state index contributed by atoms with van der Waals surface area (Å²) in [6.07, 6.45) is 4.80. The van der Waals surface area contributed by atoms with Crippen LogP contribution in [0.5, 0.6) is 11.5 Å². The molecule has 2 amide bonds. The molecular formula is C17H20N2O4. The van der Waals surface area contributed by atoms with Crippen molar-refractivity contribution in [2.75, 3.05) is 13.3 Å². The van der Waals surface area contributed by atoms with Crippen LogP contribution < -0.4 is 15.2 Å². The molecule has 1 aromatic carbocycles. The Kier molecular flexibility index (Phi) is 4.23. The monoisotopic (exact) mass is 316 g/mol. The second kappa shape index (κ2) is 6.32. The van der Waals surface area contributed by atoms with E-state index in [-0.39, 0.29) is 30.6 Å². The minimum absolute atomic E-state index is 0.110. The van der Waals surface area contributed by atoms with Crippen LogP contribution >= 0.6 is 0 Å². The van der Waals surface area contributed by atoms with Gasteiger partial charge in [0.25, 0.3) is 0 Å². The molecule has 0 radical (unpaired) electrons. The smallest absolute Gasteiger partial charge is 0.246 e. The third-order valence-corrected chi connectivity index (χ3v) is 4.38. The molecule has 122 valence electrons. The van der Waals surface area contributed by atoms with E-state index in [1.807, 2.05) is 25.1 Å². The Balaban J connectivity index is 1.69. The molecule has 0 spiro atoms. The normalized spacial score (nSPS) is 23.3. The molecule has 6 nitrogen and oxygen atoms in total. The van der Waals surface area contributed by atoms with Gasteiger partial charge in [0.2, 0.25) is 18.6 Å². The van der Waals surface area contributed by atoms with Gasteiger partial charge in [0, 0.05) is 18.7 Å². The molecule has 0 aliphatic carbocycles. The van der Waals surface area contributed by atoms with E-state index in [1.165, 1.54) is 6.08 Å². The summed E-state index contributed by atoms with van der Waals surface area (Å²) in [5, 5.41) is 0. The second-order valence-corrected chi connectivity index (χ2v) is 5.96. The highest BCUT2D eigenvalue weighted by atomic mass is 16.7. The predicted molar refractivity (Wildman–Crippen MR) is 84.7 cm³/mol. The Hall–Kier alpha value is -2.50. The van der Waals surface area contributed by atoms with Crippen LogP contribution in [0.25, 0.3) is 6.08 Å². The first-order valence-corrected chi connectivity index (χ1v) is 7.72. The fourth-order valence-corrected chi connectivity index (χ4v) is 2.93. The van der Waals surface area contributed by atoms with Crippen LogP contribution in [-0.4, -0.2) is 36.1 Å². The number of ether oxygens (including phenoxy) is 2. The lowest BCUT2D eigenvalue weighted by Crippen LogP contribution is -2.48. The van der Waals surface area contributed by atoms with E-state index in [0.29, 0.717) is 18.0 Å². The van der Waals surface area contributed by atoms with Gasteiger partial charge in [-0.05, 0) is 43.5 Å². The third-order valence-electron chi connectivity index (χ3n) is 4.38. The van der Waals surface area contributed by atoms with E-state index in [4.69, 9.17) is 15.2 Å². The van der Waals surface area contributed by atoms with E-state index in [0.717, 1.165) is 18.4 Å². The van der Waals surface area contributed by atoms with Crippen molar-refractivity contribution in [1.29, 1.82) is 0 Å². The number of carbonyl (C=O) groups excluding carboxylic acids is 2. The first kappa shape index (κ1) is 15.4. The van der Waals surface area contributed by atoms with Crippen LogP contribution in [-0.2, 0) is 9.59 Å². The van der Waals surface area contributed by atoms with Crippen molar-refractivity contribution < 1.29 is 19.1 Å². The summed E-state index contributed by atoms with van der Waals surface area (Å²) < 4.78 is 10.6. The zero-order valence-electron chi connectivity index (χ0n) is 13.0. The van der Waals surface area contributed by atoms with Gasteiger partial charge in [-0.25, -0.2) is 0 Å². The molecule has 2 unspecified atom stereocenters. The quantitative estimate of drug-likeness (QED) is 0.858. The van der Waals surface area contributed by atoms with Crippen LogP contribution in [0, 0.1) is 5.92 Å². The number of nitrogens with zero attached hydrogens (tertiary/aromatic N) is 1. The highest BCUT2D eigenvalue weighted by Gasteiger charge is 2.30. The summed E-state index contributed by atoms with van der Waals surface area (Å²) in [6.45, 7) is 2.60. The molecule has 0 saturated carbocycles. The number of piperidine rings is 1. The van der Waals surface area contributed by atoms with Crippen molar-refractivity contribution >= 4 is 17.9 Å². The Morgan fingerprint density at radius 3 is 2.83 bits per heavy atom. The minimum atomic E-state index is -0.338. The van der Waals surface area contributed by atoms with Crippen molar-refractivity contribution in [2.45, 2.75) is 25.8 Å². The molecule has 3 rings (SSSR count). The lowest BCUT2D eigenvalue weighted by atomic mass is 9.93. The Morgan fingerprint density at radius 1 is 1.26 bits per heavy atom. The first-order valence-electron chi connectivity index (χ1n) is 7.72. The standard InChI is InChI=1S/C17H20N2O4/c1-11-2-5-13(17(18)21)9-19(11)16(20)7-4-12-3-6-14-15(8-12)23-10-22-14/h3-4,6-8,11,13H,2,5,9-10H2,1H3,(H2,18,21)/b7-4+. The third kappa shape index (κ3) is 3.31. The van der Waals surface area contributed by atoms with E-state index < -0.39 is 0 Å². The zero-order valence-corrected chi connectivity index (χ0v) is 13.0. The lowest BCUT2D eigenvalue weighted by Gasteiger charge is -2.36. The van der Waals surface area contributed by atoms with Gasteiger partial charge >= 0.3 is 0 Å². The maximum absolute atomic E-state index is 12.4. The van der Waals surface area contributed by atoms with Crippen LogP contribution in [0.2, 0.25) is 0 Å². The minimum Gasteiger partial charge on any atom is -0.454 e. The average molecular weight is 316 g/mol. The average Bonchev–Trinajstić information content (AvgIpc) is 3.00. The van der Waals surface area contributed by atoms with Gasteiger partial charge in [0.15, 0.2) is 11.5 Å². The molecule has 1 fully saturated rings. The number of nitrogens with two attached hydrogens (primary N) is 1. The van der Waals surface area contributed by atoms with Crippen LogP contribution in [0.4, 0.5) is 0 Å². The van der Waals surface area contributed by atoms with Gasteiger partial charge in [0.1, 0.15) is 0 Å². The van der Waals surface area contributed by atoms with E-state index >= 15 is 0 Å². The largest absolute Gasteiger partial charge is 0.454 e. The number of benzene rings is 1. The molecule has 2 atom stereocenters. The number of carbonyl (C=O) groups is 2. The summed E-state index contributed by atoms with van der Waals surface area (Å²) in [4.78, 5) is 25.5. The predicted octanol–water partition coefficient (Wildman–Crippen LogP) is 1.54. The van der Waals surface area contributed by atoms with E-state index in [9.17, 15) is 9.59 Å². The van der Waals surface area contributed by atoms with Crippen LogP contribution in [0.3, 0.4) is 0 Å². The number of likely N-dealkylation sites (tertiary alicyclic amines) is 1. The molecule has 2 heterocycles. The van der Waals surface area contributed by atoms with E-state index in [2.05, 4.69) is 0 Å². The number of amides is 2. The highest BCUT2D eigenvalue weighted by Crippen LogP contribution is 2.32. The molecule has 2 N–H and O–H groups in total. The summed E-state index contributed by atoms with van der Waals surface area (Å²) in [5.41, 5.74) is 6.23. The molecular weight excluding hydrogens is 296 g/mol. The fourth-order valence-electron chi connectivity index (χ4n) is 2.93. The number of primary amides is 1. The molecule has 23 heavy (non-hydrogen) atoms. The maximum atomic E-state index is 12.4. The first-order chi connectivity index (χ1) is 11.0. The zero-order chi connectivity index (χ0) is 16.4. The van der Waals surface area contributed by atoms with Crippen molar-refractivity contribution in [2.24, 2.45) is 11.7 Å². The molecule has 1 aromatic rings. The molecule has 1 saturated heterocycles. The molecule has 2 aliphatic rings. The van der Waals surface area contributed by atoms with Gasteiger partial charge in [-0.1, -0.05) is 6.07 Å². The van der Waals surface area contributed by atoms with Crippen molar-refractivity contribution in [3.05, 3.63) is 29.8 Å². The van der Waals surface area contributed by atoms with Gasteiger partial charge in [-0.2, -0.15) is 0 Å². The van der Waals surface area contributed by atoms with Gasteiger partial charge in [-0.3, -0.25) is 9.59 Å². The van der Waals surface area contributed by atoms with Crippen LogP contribution in [0.15, 0.2) is 24.3 Å². The SMILES string of the molecule is CC1CCC(C(N)=O)CN1C(=O)/C=C/c1ccc2c(c1)OCO2. The lowest BCUT2D eigenvalue weighted by molar-refractivity contribution is -0.133. The summed E-state index contributed by atoms with van der Waals surface area (Å²) >= 11 is 0. The van der Waals surface area contributed by atoms with Gasteiger partial charge < -0.3 is 20.1 Å². The van der Waals surface area contributed by atoms with Crippen LogP contribution in [0.1, 0.15) is 25.3 Å². The molecule has 6 heteroatoms. The topological polar surface area (TPSA) is 81.9 Å². The van der Waals surface area contributed by atoms with Gasteiger partial charge in [-0.15, -0.1) is 0 Å². The van der Waals surface area contributed by atoms with E-state index in [1.54, 1.807) is 11.0 Å². The molecule has 0 aromatic heterocycles. The molecule has 2 aliphatic heterocycles. The van der Waals surface area contributed by atoms with Crippen molar-refractivity contribution in [3.63, 3.8) is 0 Å². The van der Waals surface area contributed by atoms with Crippen molar-refractivity contribution in [3.8, 4) is 11.5 Å². The Morgan fingerprint density at radius 2 is 2.04 bits per heavy atom. The summed E-state index contributed by atoms with van der Waals surface area (Å²) in [7, 11) is 0. The second-order valence-electron chi connectivity index (χ2n) is 5.96. The summed E-state index contributed by atoms with van der Waals surface area (Å²) in [6, 6.07) is 5.62. The fraction of sp³-hybridized carbons (Fsp3) is 0.412. The maximum Gasteiger partial charge on any atom is 0.246 e. The number of hydrogen-bond donors (Lipinski definition) is 1.